The molecule has 3 aromatic heterocycles. The van der Waals surface area contributed by atoms with Gasteiger partial charge in [0.1, 0.15) is 5.52 Å². The highest BCUT2D eigenvalue weighted by Gasteiger charge is 2.30. The molecule has 1 amide bonds. The van der Waals surface area contributed by atoms with Gasteiger partial charge in [-0.25, -0.2) is 0 Å². The first-order valence-electron chi connectivity index (χ1n) is 10.5. The Morgan fingerprint density at radius 3 is 2.38 bits per heavy atom. The molecule has 0 aliphatic rings. The Kier molecular flexibility index (Phi) is 5.07. The maximum atomic E-state index is 13.0. The van der Waals surface area contributed by atoms with Crippen LogP contribution in [0.2, 0.25) is 0 Å². The lowest BCUT2D eigenvalue weighted by Crippen LogP contribution is -2.26. The number of benzene rings is 2. The van der Waals surface area contributed by atoms with E-state index < -0.39 is 11.7 Å². The van der Waals surface area contributed by atoms with E-state index in [2.05, 4.69) is 20.5 Å². The molecule has 1 atom stereocenters. The van der Waals surface area contributed by atoms with Gasteiger partial charge in [0.25, 0.3) is 5.91 Å². The van der Waals surface area contributed by atoms with Crippen LogP contribution in [0.4, 0.5) is 13.2 Å². The van der Waals surface area contributed by atoms with Gasteiger partial charge in [-0.1, -0.05) is 0 Å². The van der Waals surface area contributed by atoms with Crippen LogP contribution in [0.15, 0.2) is 67.0 Å². The van der Waals surface area contributed by atoms with E-state index in [0.29, 0.717) is 33.3 Å². The van der Waals surface area contributed by atoms with Gasteiger partial charge in [0.15, 0.2) is 5.65 Å². The summed E-state index contributed by atoms with van der Waals surface area (Å²) < 4.78 is 40.8. The van der Waals surface area contributed by atoms with Crippen LogP contribution in [0.1, 0.15) is 34.5 Å². The molecule has 34 heavy (non-hydrogen) atoms. The Balaban J connectivity index is 1.56. The summed E-state index contributed by atoms with van der Waals surface area (Å²) in [6, 6.07) is 13.5. The Bertz CT molecular complexity index is 1500. The van der Waals surface area contributed by atoms with Gasteiger partial charge in [-0.15, -0.1) is 5.10 Å². The van der Waals surface area contributed by atoms with Crippen LogP contribution < -0.4 is 5.32 Å². The largest absolute Gasteiger partial charge is 0.416 e. The van der Waals surface area contributed by atoms with Crippen LogP contribution in [-0.2, 0) is 13.2 Å². The van der Waals surface area contributed by atoms with E-state index in [1.807, 2.05) is 19.1 Å². The quantitative estimate of drug-likeness (QED) is 0.414. The van der Waals surface area contributed by atoms with Crippen molar-refractivity contribution in [3.05, 3.63) is 83.7 Å². The lowest BCUT2D eigenvalue weighted by molar-refractivity contribution is -0.137. The third-order valence-electron chi connectivity index (χ3n) is 5.67. The van der Waals surface area contributed by atoms with Gasteiger partial charge in [-0.2, -0.15) is 23.1 Å². The molecule has 0 unspecified atom stereocenters. The fraction of sp³-hybridized carbons (Fsp3) is 0.167. The second-order valence-corrected chi connectivity index (χ2v) is 7.95. The van der Waals surface area contributed by atoms with Gasteiger partial charge in [0, 0.05) is 36.1 Å². The molecule has 5 rings (SSSR count). The Morgan fingerprint density at radius 2 is 1.71 bits per heavy atom. The molecule has 1 N–H and O–H groups in total. The van der Waals surface area contributed by atoms with Crippen molar-refractivity contribution < 1.29 is 18.0 Å². The zero-order valence-electron chi connectivity index (χ0n) is 18.2. The fourth-order valence-electron chi connectivity index (χ4n) is 3.97. The molecule has 3 heterocycles. The number of hydrogen-bond donors (Lipinski definition) is 1. The summed E-state index contributed by atoms with van der Waals surface area (Å²) in [7, 11) is 1.66. The summed E-state index contributed by atoms with van der Waals surface area (Å²) in [5.74, 6) is -0.259. The molecule has 0 fully saturated rings. The number of carbonyl (C=O) groups is 1. The fourth-order valence-corrected chi connectivity index (χ4v) is 3.97. The number of pyridine rings is 1. The predicted octanol–water partition coefficient (Wildman–Crippen LogP) is 4.82. The van der Waals surface area contributed by atoms with Crippen LogP contribution in [0, 0.1) is 0 Å². The molecule has 0 saturated heterocycles. The van der Waals surface area contributed by atoms with Crippen LogP contribution in [0.5, 0.6) is 0 Å². The number of nitrogens with zero attached hydrogens (tertiary/aromatic N) is 5. The van der Waals surface area contributed by atoms with Crippen molar-refractivity contribution in [3.63, 3.8) is 0 Å². The average Bonchev–Trinajstić information content (AvgIpc) is 3.33. The zero-order valence-corrected chi connectivity index (χ0v) is 18.2. The number of fused-ring (bicyclic) bond motifs is 3. The van der Waals surface area contributed by atoms with E-state index in [0.717, 1.165) is 17.7 Å². The number of halogens is 3. The van der Waals surface area contributed by atoms with Gasteiger partial charge in [0.2, 0.25) is 0 Å². The van der Waals surface area contributed by atoms with Crippen LogP contribution in [-0.4, -0.2) is 30.5 Å². The van der Waals surface area contributed by atoms with Crippen molar-refractivity contribution in [2.24, 2.45) is 7.05 Å². The number of carbonyl (C=O) groups excluding carboxylic acids is 1. The molecule has 0 saturated carbocycles. The van der Waals surface area contributed by atoms with E-state index in [1.54, 1.807) is 42.2 Å². The van der Waals surface area contributed by atoms with Gasteiger partial charge in [-0.05, 0) is 67.1 Å². The average molecular weight is 464 g/mol. The second kappa shape index (κ2) is 7.98. The number of hydrogen-bond acceptors (Lipinski definition) is 4. The van der Waals surface area contributed by atoms with E-state index in [1.165, 1.54) is 16.9 Å². The number of nitrogens with one attached hydrogen (secondary N) is 1. The summed E-state index contributed by atoms with van der Waals surface area (Å²) in [6.45, 7) is 1.88. The van der Waals surface area contributed by atoms with Crippen LogP contribution in [0.3, 0.4) is 0 Å². The third kappa shape index (κ3) is 3.76. The minimum absolute atomic E-state index is 0.223. The van der Waals surface area contributed by atoms with Gasteiger partial charge >= 0.3 is 6.18 Å². The molecule has 5 aromatic rings. The highest BCUT2D eigenvalue weighted by molar-refractivity contribution is 6.08. The maximum Gasteiger partial charge on any atom is 0.416 e. The van der Waals surface area contributed by atoms with Crippen LogP contribution >= 0.6 is 0 Å². The summed E-state index contributed by atoms with van der Waals surface area (Å²) in [5.41, 5.74) is 2.86. The Morgan fingerprint density at radius 1 is 1.00 bits per heavy atom. The number of aryl methyl sites for hydroxylation is 1. The molecule has 0 aliphatic carbocycles. The molecule has 7 nitrogen and oxygen atoms in total. The summed E-state index contributed by atoms with van der Waals surface area (Å²) in [4.78, 5) is 18.3. The van der Waals surface area contributed by atoms with Crippen molar-refractivity contribution in [2.45, 2.75) is 19.1 Å². The third-order valence-corrected chi connectivity index (χ3v) is 5.67. The van der Waals surface area contributed by atoms with E-state index in [4.69, 9.17) is 0 Å². The van der Waals surface area contributed by atoms with Crippen LogP contribution in [0.25, 0.3) is 27.8 Å². The lowest BCUT2D eigenvalue weighted by atomic mass is 10.1. The lowest BCUT2D eigenvalue weighted by Gasteiger charge is -2.14. The normalized spacial score (nSPS) is 12.9. The zero-order chi connectivity index (χ0) is 24.0. The number of aromatic nitrogens is 5. The van der Waals surface area contributed by atoms with Gasteiger partial charge in [-0.3, -0.25) is 14.3 Å². The van der Waals surface area contributed by atoms with E-state index in [-0.39, 0.29) is 11.9 Å². The maximum absolute atomic E-state index is 13.0. The summed E-state index contributed by atoms with van der Waals surface area (Å²) in [5, 5.41) is 12.5. The minimum Gasteiger partial charge on any atom is -0.346 e. The summed E-state index contributed by atoms with van der Waals surface area (Å²) >= 11 is 0. The first kappa shape index (κ1) is 21.6. The molecule has 0 radical (unpaired) electrons. The SMILES string of the molecule is C[C@@H](NC(=O)c1ccc2c(c1)c1nn(C)nc1n2-c1ccc(C(F)(F)F)cc1)c1ccncc1. The number of amides is 1. The van der Waals surface area contributed by atoms with E-state index >= 15 is 0 Å². The smallest absolute Gasteiger partial charge is 0.346 e. The van der Waals surface area contributed by atoms with Gasteiger partial charge < -0.3 is 5.32 Å². The number of alkyl halides is 3. The van der Waals surface area contributed by atoms with Crippen molar-refractivity contribution >= 4 is 28.0 Å². The molecular weight excluding hydrogens is 445 g/mol. The molecule has 0 aliphatic heterocycles. The predicted molar refractivity (Wildman–Crippen MR) is 120 cm³/mol. The topological polar surface area (TPSA) is 77.6 Å². The minimum atomic E-state index is -4.42. The molecular formula is C24H19F3N6O. The molecule has 2 aromatic carbocycles. The molecule has 172 valence electrons. The molecule has 10 heteroatoms. The molecule has 0 spiro atoms. The van der Waals surface area contributed by atoms with Crippen molar-refractivity contribution in [1.82, 2.24) is 29.9 Å². The standard InChI is InChI=1S/C24H19F3N6O/c1-14(15-9-11-28-12-10-15)29-23(34)16-3-8-20-19(13-16)21-22(31-32(2)30-21)33(20)18-6-4-17(5-7-18)24(25,26)27/h3-14H,1-2H3,(H,29,34)/t14-/m1/s1. The summed E-state index contributed by atoms with van der Waals surface area (Å²) in [6.07, 6.45) is -1.09. The number of rotatable bonds is 4. The van der Waals surface area contributed by atoms with Gasteiger partial charge in [0.05, 0.1) is 17.1 Å². The Labute approximate surface area is 191 Å². The highest BCUT2D eigenvalue weighted by Crippen LogP contribution is 2.33. The van der Waals surface area contributed by atoms with E-state index in [9.17, 15) is 18.0 Å². The second-order valence-electron chi connectivity index (χ2n) is 7.95. The first-order valence-corrected chi connectivity index (χ1v) is 10.5. The van der Waals surface area contributed by atoms with Crippen molar-refractivity contribution in [3.8, 4) is 5.69 Å². The Hall–Kier alpha value is -4.21. The monoisotopic (exact) mass is 464 g/mol. The first-order chi connectivity index (χ1) is 16.2. The highest BCUT2D eigenvalue weighted by atomic mass is 19.4. The van der Waals surface area contributed by atoms with Crippen molar-refractivity contribution in [1.29, 1.82) is 0 Å². The van der Waals surface area contributed by atoms with Crippen molar-refractivity contribution in [2.75, 3.05) is 0 Å². The molecule has 0 bridgehead atoms.